The number of carbonyl (C=O) groups excluding carboxylic acids is 1. The summed E-state index contributed by atoms with van der Waals surface area (Å²) in [6, 6.07) is 7.78. The maximum Gasteiger partial charge on any atom is 0.234 e. The second-order valence-electron chi connectivity index (χ2n) is 5.70. The van der Waals surface area contributed by atoms with Crippen LogP contribution in [0.5, 0.6) is 0 Å². The zero-order valence-electron chi connectivity index (χ0n) is 14.0. The maximum absolute atomic E-state index is 11.9. The summed E-state index contributed by atoms with van der Waals surface area (Å²) in [7, 11) is 0. The van der Waals surface area contributed by atoms with Gasteiger partial charge in [-0.05, 0) is 25.0 Å². The largest absolute Gasteiger partial charge is 0.326 e. The van der Waals surface area contributed by atoms with Gasteiger partial charge in [0.1, 0.15) is 5.01 Å². The smallest absolute Gasteiger partial charge is 0.234 e. The third-order valence-electron chi connectivity index (χ3n) is 3.68. The number of aryl methyl sites for hydroxylation is 1. The Morgan fingerprint density at radius 3 is 2.92 bits per heavy atom. The van der Waals surface area contributed by atoms with Crippen LogP contribution >= 0.6 is 11.3 Å². The number of aromatic nitrogens is 4. The molecule has 2 heterocycles. The van der Waals surface area contributed by atoms with E-state index in [4.69, 9.17) is 0 Å². The van der Waals surface area contributed by atoms with Crippen molar-refractivity contribution in [1.82, 2.24) is 19.8 Å². The number of fused-ring (bicyclic) bond motifs is 1. The Hall–Kier alpha value is -2.28. The van der Waals surface area contributed by atoms with Gasteiger partial charge in [0.25, 0.3) is 0 Å². The molecule has 1 amide bonds. The Morgan fingerprint density at radius 1 is 1.25 bits per heavy atom. The third-order valence-corrected chi connectivity index (χ3v) is 4.63. The molecule has 0 saturated carbocycles. The van der Waals surface area contributed by atoms with Crippen LogP contribution in [0.1, 0.15) is 45.4 Å². The second kappa shape index (κ2) is 7.53. The van der Waals surface area contributed by atoms with Crippen molar-refractivity contribution in [3.63, 3.8) is 0 Å². The molecule has 1 N–H and O–H groups in total. The molecule has 2 aromatic heterocycles. The van der Waals surface area contributed by atoms with Crippen molar-refractivity contribution in [3.8, 4) is 10.6 Å². The number of benzene rings is 1. The Morgan fingerprint density at radius 2 is 2.12 bits per heavy atom. The van der Waals surface area contributed by atoms with Crippen molar-refractivity contribution in [1.29, 1.82) is 0 Å². The molecule has 1 aromatic carbocycles. The molecule has 24 heavy (non-hydrogen) atoms. The van der Waals surface area contributed by atoms with Crippen molar-refractivity contribution in [2.45, 2.75) is 46.0 Å². The van der Waals surface area contributed by atoms with Crippen molar-refractivity contribution in [2.24, 2.45) is 0 Å². The molecule has 3 rings (SSSR count). The van der Waals surface area contributed by atoms with Crippen LogP contribution in [0.2, 0.25) is 0 Å². The topological polar surface area (TPSA) is 72.2 Å². The van der Waals surface area contributed by atoms with Crippen molar-refractivity contribution in [3.05, 3.63) is 30.1 Å². The molecule has 0 bridgehead atoms. The molecule has 0 aliphatic heterocycles. The fourth-order valence-corrected chi connectivity index (χ4v) is 3.30. The highest BCUT2D eigenvalue weighted by molar-refractivity contribution is 7.19. The van der Waals surface area contributed by atoms with Crippen LogP contribution in [0.4, 0.5) is 5.69 Å². The van der Waals surface area contributed by atoms with E-state index in [2.05, 4.69) is 34.5 Å². The van der Waals surface area contributed by atoms with E-state index >= 15 is 0 Å². The highest BCUT2D eigenvalue weighted by atomic mass is 32.1. The maximum atomic E-state index is 11.9. The number of carbonyl (C=O) groups is 1. The van der Waals surface area contributed by atoms with E-state index in [0.717, 1.165) is 52.7 Å². The van der Waals surface area contributed by atoms with Crippen LogP contribution in [0.15, 0.2) is 24.3 Å². The summed E-state index contributed by atoms with van der Waals surface area (Å²) >= 11 is 1.50. The first-order valence-corrected chi connectivity index (χ1v) is 9.14. The number of nitrogens with one attached hydrogen (secondary N) is 1. The van der Waals surface area contributed by atoms with Gasteiger partial charge in [-0.2, -0.15) is 9.61 Å². The summed E-state index contributed by atoms with van der Waals surface area (Å²) in [5, 5.41) is 16.8. The van der Waals surface area contributed by atoms with Crippen molar-refractivity contribution in [2.75, 3.05) is 5.32 Å². The number of unbranched alkanes of at least 4 members (excludes halogenated alkanes) is 1. The molecule has 0 radical (unpaired) electrons. The lowest BCUT2D eigenvalue weighted by Gasteiger charge is -2.05. The number of anilines is 1. The van der Waals surface area contributed by atoms with Gasteiger partial charge in [-0.3, -0.25) is 4.79 Å². The molecule has 3 aromatic rings. The van der Waals surface area contributed by atoms with Crippen LogP contribution in [0.3, 0.4) is 0 Å². The van der Waals surface area contributed by atoms with Crippen LogP contribution < -0.4 is 5.32 Å². The third kappa shape index (κ3) is 3.62. The molecule has 0 atom stereocenters. The number of rotatable bonds is 7. The number of amides is 1. The van der Waals surface area contributed by atoms with Gasteiger partial charge in [-0.25, -0.2) is 0 Å². The predicted octanol–water partition coefficient (Wildman–Crippen LogP) is 3.93. The fraction of sp³-hybridized carbons (Fsp3) is 0.412. The first-order valence-electron chi connectivity index (χ1n) is 8.32. The van der Waals surface area contributed by atoms with Crippen LogP contribution in [-0.2, 0) is 11.2 Å². The lowest BCUT2D eigenvalue weighted by atomic mass is 10.2. The van der Waals surface area contributed by atoms with Gasteiger partial charge in [0.2, 0.25) is 10.9 Å². The second-order valence-corrected chi connectivity index (χ2v) is 6.66. The van der Waals surface area contributed by atoms with Gasteiger partial charge >= 0.3 is 0 Å². The van der Waals surface area contributed by atoms with Crippen molar-refractivity contribution >= 4 is 27.9 Å². The van der Waals surface area contributed by atoms with Crippen LogP contribution in [0, 0.1) is 0 Å². The zero-order valence-corrected chi connectivity index (χ0v) is 14.8. The minimum atomic E-state index is 0.0531. The first-order chi connectivity index (χ1) is 11.7. The SMILES string of the molecule is CCCCC(=O)Nc1cccc(-c2nn3c(CCC)nnc3s2)c1. The number of nitrogens with zero attached hydrogens (tertiary/aromatic N) is 4. The summed E-state index contributed by atoms with van der Waals surface area (Å²) in [6.45, 7) is 4.19. The number of hydrogen-bond donors (Lipinski definition) is 1. The minimum absolute atomic E-state index is 0.0531. The number of hydrogen-bond acceptors (Lipinski definition) is 5. The van der Waals surface area contributed by atoms with E-state index in [-0.39, 0.29) is 5.91 Å². The van der Waals surface area contributed by atoms with E-state index in [1.807, 2.05) is 28.8 Å². The fourth-order valence-electron chi connectivity index (χ4n) is 2.44. The van der Waals surface area contributed by atoms with Gasteiger partial charge < -0.3 is 5.32 Å². The average molecular weight is 343 g/mol. The van der Waals surface area contributed by atoms with Crippen LogP contribution in [-0.4, -0.2) is 25.7 Å². The molecule has 7 heteroatoms. The Kier molecular flexibility index (Phi) is 5.20. The normalized spacial score (nSPS) is 11.1. The molecular weight excluding hydrogens is 322 g/mol. The highest BCUT2D eigenvalue weighted by Crippen LogP contribution is 2.27. The van der Waals surface area contributed by atoms with Gasteiger partial charge in [-0.15, -0.1) is 10.2 Å². The monoisotopic (exact) mass is 343 g/mol. The summed E-state index contributed by atoms with van der Waals surface area (Å²) < 4.78 is 1.82. The molecule has 0 fully saturated rings. The molecule has 0 saturated heterocycles. The lowest BCUT2D eigenvalue weighted by Crippen LogP contribution is -2.10. The molecule has 0 aliphatic carbocycles. The minimum Gasteiger partial charge on any atom is -0.326 e. The first kappa shape index (κ1) is 16.6. The lowest BCUT2D eigenvalue weighted by molar-refractivity contribution is -0.116. The predicted molar refractivity (Wildman–Crippen MR) is 96.2 cm³/mol. The Labute approximate surface area is 144 Å². The van der Waals surface area contributed by atoms with E-state index in [0.29, 0.717) is 6.42 Å². The van der Waals surface area contributed by atoms with E-state index in [1.165, 1.54) is 11.3 Å². The molecule has 0 spiro atoms. The van der Waals surface area contributed by atoms with Gasteiger partial charge in [0.05, 0.1) is 0 Å². The molecule has 126 valence electrons. The highest BCUT2D eigenvalue weighted by Gasteiger charge is 2.13. The molecule has 0 aliphatic rings. The summed E-state index contributed by atoms with van der Waals surface area (Å²) in [5.74, 6) is 0.941. The summed E-state index contributed by atoms with van der Waals surface area (Å²) in [6.07, 6.45) is 4.34. The molecule has 0 unspecified atom stereocenters. The van der Waals surface area contributed by atoms with E-state index < -0.39 is 0 Å². The van der Waals surface area contributed by atoms with Gasteiger partial charge in [0, 0.05) is 24.1 Å². The Bertz CT molecular complexity index is 838. The van der Waals surface area contributed by atoms with Gasteiger partial charge in [-0.1, -0.05) is 43.7 Å². The standard InChI is InChI=1S/C17H21N5OS/c1-3-5-10-15(23)18-13-9-6-8-12(11-13)16-21-22-14(7-4-2)19-20-17(22)24-16/h6,8-9,11H,3-5,7,10H2,1-2H3,(H,18,23). The molecule has 6 nitrogen and oxygen atoms in total. The van der Waals surface area contributed by atoms with Crippen LogP contribution in [0.25, 0.3) is 15.5 Å². The zero-order chi connectivity index (χ0) is 16.9. The summed E-state index contributed by atoms with van der Waals surface area (Å²) in [4.78, 5) is 12.7. The van der Waals surface area contributed by atoms with E-state index in [9.17, 15) is 4.79 Å². The van der Waals surface area contributed by atoms with Gasteiger partial charge in [0.15, 0.2) is 5.82 Å². The summed E-state index contributed by atoms with van der Waals surface area (Å²) in [5.41, 5.74) is 1.77. The molecular formula is C17H21N5OS. The average Bonchev–Trinajstić information content (AvgIpc) is 3.15. The van der Waals surface area contributed by atoms with E-state index in [1.54, 1.807) is 0 Å². The quantitative estimate of drug-likeness (QED) is 0.705. The Balaban J connectivity index is 1.82. The van der Waals surface area contributed by atoms with Crippen molar-refractivity contribution < 1.29 is 4.79 Å².